The number of methoxy groups -OCH3 is 2. The molecule has 6 nitrogen and oxygen atoms in total. The molecule has 2 aromatic rings. The van der Waals surface area contributed by atoms with Gasteiger partial charge in [-0.15, -0.1) is 0 Å². The third-order valence-electron chi connectivity index (χ3n) is 4.22. The molecule has 0 bridgehead atoms. The monoisotopic (exact) mass is 407 g/mol. The van der Waals surface area contributed by atoms with Crippen molar-refractivity contribution in [2.24, 2.45) is 0 Å². The van der Waals surface area contributed by atoms with Crippen molar-refractivity contribution < 1.29 is 32.6 Å². The van der Waals surface area contributed by atoms with Gasteiger partial charge in [-0.05, 0) is 49.2 Å². The van der Waals surface area contributed by atoms with Crippen molar-refractivity contribution in [2.75, 3.05) is 20.8 Å². The van der Waals surface area contributed by atoms with Crippen LogP contribution in [-0.2, 0) is 17.6 Å². The lowest BCUT2D eigenvalue weighted by Crippen LogP contribution is -2.27. The standard InChI is InChI=1S/C21H23F2NO5/c1-13(25)15-5-7-17(27-2)16(11-15)12-20(26)24-9-8-14-4-6-18(29-21(22)23)19(10-14)28-3/h4-7,10-11,21H,8-9,12H2,1-3H3,(H,24,26). The summed E-state index contributed by atoms with van der Waals surface area (Å²) in [6.45, 7) is -1.14. The Balaban J connectivity index is 1.95. The maximum Gasteiger partial charge on any atom is 0.387 e. The maximum atomic E-state index is 12.4. The van der Waals surface area contributed by atoms with E-state index in [-0.39, 0.29) is 29.6 Å². The minimum atomic E-state index is -2.94. The van der Waals surface area contributed by atoms with E-state index < -0.39 is 6.61 Å². The summed E-state index contributed by atoms with van der Waals surface area (Å²) in [4.78, 5) is 23.8. The molecule has 0 unspecified atom stereocenters. The lowest BCUT2D eigenvalue weighted by Gasteiger charge is -2.12. The van der Waals surface area contributed by atoms with Gasteiger partial charge in [-0.1, -0.05) is 6.07 Å². The van der Waals surface area contributed by atoms with Crippen LogP contribution in [0.25, 0.3) is 0 Å². The van der Waals surface area contributed by atoms with Crippen LogP contribution in [0.5, 0.6) is 17.2 Å². The molecule has 0 saturated heterocycles. The van der Waals surface area contributed by atoms with Crippen LogP contribution in [0.15, 0.2) is 36.4 Å². The van der Waals surface area contributed by atoms with Crippen molar-refractivity contribution in [3.63, 3.8) is 0 Å². The van der Waals surface area contributed by atoms with E-state index in [0.29, 0.717) is 29.8 Å². The second-order valence-electron chi connectivity index (χ2n) is 6.22. The Morgan fingerprint density at radius 2 is 1.69 bits per heavy atom. The van der Waals surface area contributed by atoms with E-state index in [4.69, 9.17) is 9.47 Å². The van der Waals surface area contributed by atoms with Gasteiger partial charge in [0.1, 0.15) is 5.75 Å². The largest absolute Gasteiger partial charge is 0.496 e. The number of carbonyl (C=O) groups excluding carboxylic acids is 2. The molecule has 0 aromatic heterocycles. The summed E-state index contributed by atoms with van der Waals surface area (Å²) in [5, 5.41) is 2.79. The zero-order valence-electron chi connectivity index (χ0n) is 16.5. The number of nitrogens with one attached hydrogen (secondary N) is 1. The van der Waals surface area contributed by atoms with Gasteiger partial charge in [0.15, 0.2) is 17.3 Å². The smallest absolute Gasteiger partial charge is 0.387 e. The van der Waals surface area contributed by atoms with E-state index in [9.17, 15) is 18.4 Å². The first-order valence-electron chi connectivity index (χ1n) is 8.90. The first-order valence-corrected chi connectivity index (χ1v) is 8.90. The summed E-state index contributed by atoms with van der Waals surface area (Å²) in [5.74, 6) is 0.355. The number of alkyl halides is 2. The van der Waals surface area contributed by atoms with Gasteiger partial charge in [0.05, 0.1) is 20.6 Å². The predicted octanol–water partition coefficient (Wildman–Crippen LogP) is 3.41. The number of ether oxygens (including phenoxy) is 3. The normalized spacial score (nSPS) is 10.6. The summed E-state index contributed by atoms with van der Waals surface area (Å²) in [5.41, 5.74) is 1.92. The molecule has 0 radical (unpaired) electrons. The Kier molecular flexibility index (Phi) is 7.94. The molecule has 0 aliphatic carbocycles. The topological polar surface area (TPSA) is 73.9 Å². The van der Waals surface area contributed by atoms with E-state index in [2.05, 4.69) is 10.1 Å². The number of amides is 1. The number of rotatable bonds is 10. The maximum absolute atomic E-state index is 12.4. The summed E-state index contributed by atoms with van der Waals surface area (Å²) in [6.07, 6.45) is 0.538. The van der Waals surface area contributed by atoms with Crippen LogP contribution < -0.4 is 19.5 Å². The van der Waals surface area contributed by atoms with Gasteiger partial charge in [-0.2, -0.15) is 8.78 Å². The summed E-state index contributed by atoms with van der Waals surface area (Å²) in [6, 6.07) is 9.58. The average Bonchev–Trinajstić information content (AvgIpc) is 2.68. The van der Waals surface area contributed by atoms with Crippen LogP contribution in [-0.4, -0.2) is 39.1 Å². The van der Waals surface area contributed by atoms with Crippen LogP contribution in [0.4, 0.5) is 8.78 Å². The highest BCUT2D eigenvalue weighted by atomic mass is 19.3. The molecule has 0 heterocycles. The van der Waals surface area contributed by atoms with Gasteiger partial charge in [0.2, 0.25) is 5.91 Å². The molecular formula is C21H23F2NO5. The third kappa shape index (κ3) is 6.44. The van der Waals surface area contributed by atoms with Gasteiger partial charge in [0.25, 0.3) is 0 Å². The van der Waals surface area contributed by atoms with Crippen molar-refractivity contribution >= 4 is 11.7 Å². The molecule has 0 saturated carbocycles. The second-order valence-corrected chi connectivity index (χ2v) is 6.22. The van der Waals surface area contributed by atoms with Crippen LogP contribution in [0.1, 0.15) is 28.4 Å². The van der Waals surface area contributed by atoms with E-state index in [0.717, 1.165) is 5.56 Å². The van der Waals surface area contributed by atoms with Gasteiger partial charge >= 0.3 is 6.61 Å². The Morgan fingerprint density at radius 3 is 2.31 bits per heavy atom. The molecule has 0 atom stereocenters. The van der Waals surface area contributed by atoms with Crippen molar-refractivity contribution in [2.45, 2.75) is 26.4 Å². The highest BCUT2D eigenvalue weighted by Gasteiger charge is 2.13. The summed E-state index contributed by atoms with van der Waals surface area (Å²) in [7, 11) is 2.86. The van der Waals surface area contributed by atoms with Crippen LogP contribution >= 0.6 is 0 Å². The Bertz CT molecular complexity index is 870. The quantitative estimate of drug-likeness (QED) is 0.611. The van der Waals surface area contributed by atoms with Gasteiger partial charge < -0.3 is 19.5 Å². The zero-order chi connectivity index (χ0) is 21.4. The van der Waals surface area contributed by atoms with Crippen molar-refractivity contribution in [3.8, 4) is 17.2 Å². The molecule has 0 fully saturated rings. The van der Waals surface area contributed by atoms with E-state index in [1.807, 2.05) is 0 Å². The SMILES string of the molecule is COc1ccc(C(C)=O)cc1CC(=O)NCCc1ccc(OC(F)F)c(OC)c1. The number of hydrogen-bond acceptors (Lipinski definition) is 5. The van der Waals surface area contributed by atoms with Gasteiger partial charge in [-0.25, -0.2) is 0 Å². The molecule has 2 aromatic carbocycles. The molecule has 0 aliphatic heterocycles. The highest BCUT2D eigenvalue weighted by Crippen LogP contribution is 2.29. The fourth-order valence-corrected chi connectivity index (χ4v) is 2.78. The zero-order valence-corrected chi connectivity index (χ0v) is 16.5. The van der Waals surface area contributed by atoms with E-state index in [1.54, 1.807) is 30.3 Å². The Labute approximate surface area is 167 Å². The van der Waals surface area contributed by atoms with Gasteiger partial charge in [0, 0.05) is 17.7 Å². The summed E-state index contributed by atoms with van der Waals surface area (Å²) >= 11 is 0. The van der Waals surface area contributed by atoms with Gasteiger partial charge in [-0.3, -0.25) is 9.59 Å². The van der Waals surface area contributed by atoms with Crippen LogP contribution in [0.3, 0.4) is 0 Å². The molecule has 0 spiro atoms. The van der Waals surface area contributed by atoms with Crippen molar-refractivity contribution in [3.05, 3.63) is 53.1 Å². The van der Waals surface area contributed by atoms with Crippen molar-refractivity contribution in [1.82, 2.24) is 5.32 Å². The van der Waals surface area contributed by atoms with Crippen molar-refractivity contribution in [1.29, 1.82) is 0 Å². The number of ketones is 1. The second kappa shape index (κ2) is 10.4. The lowest BCUT2D eigenvalue weighted by atomic mass is 10.0. The molecule has 1 amide bonds. The van der Waals surface area contributed by atoms with E-state index in [1.165, 1.54) is 27.2 Å². The predicted molar refractivity (Wildman–Crippen MR) is 103 cm³/mol. The Morgan fingerprint density at radius 1 is 1.00 bits per heavy atom. The molecule has 156 valence electrons. The average molecular weight is 407 g/mol. The van der Waals surface area contributed by atoms with Crippen LogP contribution in [0.2, 0.25) is 0 Å². The molecule has 8 heteroatoms. The molecular weight excluding hydrogens is 384 g/mol. The highest BCUT2D eigenvalue weighted by molar-refractivity contribution is 5.94. The number of carbonyl (C=O) groups is 2. The first-order chi connectivity index (χ1) is 13.8. The fourth-order valence-electron chi connectivity index (χ4n) is 2.78. The number of halogens is 2. The molecule has 0 aliphatic rings. The number of benzene rings is 2. The van der Waals surface area contributed by atoms with Crippen LogP contribution in [0, 0.1) is 0 Å². The molecule has 1 N–H and O–H groups in total. The third-order valence-corrected chi connectivity index (χ3v) is 4.22. The number of Topliss-reactive ketones (excluding diaryl/α,β-unsaturated/α-hetero) is 1. The fraction of sp³-hybridized carbons (Fsp3) is 0.333. The summed E-state index contributed by atoms with van der Waals surface area (Å²) < 4.78 is 39.5. The van der Waals surface area contributed by atoms with E-state index >= 15 is 0 Å². The first kappa shape index (κ1) is 22.1. The minimum Gasteiger partial charge on any atom is -0.496 e. The Hall–Kier alpha value is -3.16. The minimum absolute atomic E-state index is 0.0484. The number of hydrogen-bond donors (Lipinski definition) is 1. The molecule has 29 heavy (non-hydrogen) atoms. The lowest BCUT2D eigenvalue weighted by molar-refractivity contribution is -0.120. The molecule has 2 rings (SSSR count).